The summed E-state index contributed by atoms with van der Waals surface area (Å²) in [5.41, 5.74) is -4.54. The fourth-order valence-corrected chi connectivity index (χ4v) is 2.28. The van der Waals surface area contributed by atoms with E-state index in [2.05, 4.69) is 16.9 Å². The smallest absolute Gasteiger partial charge is 0.324 e. The second kappa shape index (κ2) is 6.84. The zero-order valence-electron chi connectivity index (χ0n) is 12.3. The molecule has 0 saturated carbocycles. The third-order valence-corrected chi connectivity index (χ3v) is 3.72. The highest BCUT2D eigenvalue weighted by Crippen LogP contribution is 2.36. The lowest BCUT2D eigenvalue weighted by Crippen LogP contribution is -2.25. The highest BCUT2D eigenvalue weighted by Gasteiger charge is 2.38. The molecule has 26 heavy (non-hydrogen) atoms. The van der Waals surface area contributed by atoms with E-state index in [9.17, 15) is 31.1 Å². The van der Waals surface area contributed by atoms with Crippen molar-refractivity contribution in [2.24, 2.45) is 0 Å². The SMILES string of the molecule is C=Cn1c(Nc2cc(C(F)(F)F)ccc2Cl)nc(C(F)(F)F)c(Cl)c1=O. The summed E-state index contributed by atoms with van der Waals surface area (Å²) in [5, 5.41) is 0.721. The standard InChI is InChI=1S/C14H7Cl2F6N3O/c1-2-25-11(26)9(16)10(14(20,21)22)24-12(25)23-8-5-6(13(17,18)19)3-4-7(8)15/h2-5H,1H2,(H,23,24). The first-order valence-electron chi connectivity index (χ1n) is 6.51. The molecular weight excluding hydrogens is 411 g/mol. The highest BCUT2D eigenvalue weighted by atomic mass is 35.5. The first kappa shape index (κ1) is 20.1. The predicted molar refractivity (Wildman–Crippen MR) is 84.6 cm³/mol. The van der Waals surface area contributed by atoms with Crippen LogP contribution in [-0.4, -0.2) is 9.55 Å². The average molecular weight is 418 g/mol. The lowest BCUT2D eigenvalue weighted by molar-refractivity contribution is -0.141. The van der Waals surface area contributed by atoms with Crippen LogP contribution in [0.2, 0.25) is 10.0 Å². The molecule has 0 amide bonds. The van der Waals surface area contributed by atoms with E-state index < -0.39 is 45.8 Å². The van der Waals surface area contributed by atoms with Gasteiger partial charge in [-0.25, -0.2) is 4.98 Å². The summed E-state index contributed by atoms with van der Waals surface area (Å²) in [7, 11) is 0. The Bertz CT molecular complexity index is 921. The van der Waals surface area contributed by atoms with Crippen molar-refractivity contribution >= 4 is 41.0 Å². The Labute approximate surface area is 151 Å². The quantitative estimate of drug-likeness (QED) is 0.677. The van der Waals surface area contributed by atoms with Crippen molar-refractivity contribution < 1.29 is 26.3 Å². The number of hydrogen-bond donors (Lipinski definition) is 1. The molecular formula is C14H7Cl2F6N3O. The molecule has 4 nitrogen and oxygen atoms in total. The van der Waals surface area contributed by atoms with Gasteiger partial charge in [-0.2, -0.15) is 26.3 Å². The minimum Gasteiger partial charge on any atom is -0.324 e. The first-order chi connectivity index (χ1) is 11.9. The number of rotatable bonds is 3. The Hall–Kier alpha value is -2.20. The topological polar surface area (TPSA) is 46.9 Å². The van der Waals surface area contributed by atoms with Crippen LogP contribution in [0.3, 0.4) is 0 Å². The average Bonchev–Trinajstić information content (AvgIpc) is 2.50. The molecule has 0 unspecified atom stereocenters. The zero-order chi connectivity index (χ0) is 19.9. The van der Waals surface area contributed by atoms with Gasteiger partial charge < -0.3 is 5.32 Å². The number of halogens is 8. The van der Waals surface area contributed by atoms with E-state index in [1.54, 1.807) is 0 Å². The van der Waals surface area contributed by atoms with Gasteiger partial charge in [-0.15, -0.1) is 0 Å². The lowest BCUT2D eigenvalue weighted by atomic mass is 10.2. The van der Waals surface area contributed by atoms with Crippen molar-refractivity contribution in [1.29, 1.82) is 0 Å². The van der Waals surface area contributed by atoms with Crippen molar-refractivity contribution in [1.82, 2.24) is 9.55 Å². The van der Waals surface area contributed by atoms with E-state index in [0.29, 0.717) is 16.7 Å². The maximum Gasteiger partial charge on any atom is 0.435 e. The van der Waals surface area contributed by atoms with E-state index in [0.717, 1.165) is 12.3 Å². The molecule has 0 aliphatic rings. The van der Waals surface area contributed by atoms with Gasteiger partial charge in [0.1, 0.15) is 5.02 Å². The second-order valence-corrected chi connectivity index (χ2v) is 5.56. The molecule has 1 aromatic heterocycles. The number of anilines is 2. The predicted octanol–water partition coefficient (Wildman–Crippen LogP) is 5.43. The van der Waals surface area contributed by atoms with Gasteiger partial charge in [0.25, 0.3) is 5.56 Å². The molecule has 1 N–H and O–H groups in total. The van der Waals surface area contributed by atoms with Crippen molar-refractivity contribution in [2.45, 2.75) is 12.4 Å². The number of alkyl halides is 6. The Morgan fingerprint density at radius 3 is 2.23 bits per heavy atom. The fraction of sp³-hybridized carbons (Fsp3) is 0.143. The zero-order valence-corrected chi connectivity index (χ0v) is 13.9. The van der Waals surface area contributed by atoms with Crippen LogP contribution in [0.4, 0.5) is 38.0 Å². The second-order valence-electron chi connectivity index (χ2n) is 4.77. The molecule has 140 valence electrons. The summed E-state index contributed by atoms with van der Waals surface area (Å²) >= 11 is 11.2. The molecule has 12 heteroatoms. The van der Waals surface area contributed by atoms with Gasteiger partial charge in [0, 0.05) is 6.20 Å². The van der Waals surface area contributed by atoms with Crippen LogP contribution in [0.15, 0.2) is 29.6 Å². The van der Waals surface area contributed by atoms with Crippen molar-refractivity contribution in [3.8, 4) is 0 Å². The molecule has 1 aromatic carbocycles. The van der Waals surface area contributed by atoms with E-state index in [1.165, 1.54) is 0 Å². The largest absolute Gasteiger partial charge is 0.435 e. The summed E-state index contributed by atoms with van der Waals surface area (Å²) < 4.78 is 77.8. The molecule has 0 spiro atoms. The number of nitrogens with zero attached hydrogens (tertiary/aromatic N) is 2. The summed E-state index contributed by atoms with van der Waals surface area (Å²) in [6, 6.07) is 2.14. The minimum absolute atomic E-state index is 0.244. The molecule has 0 atom stereocenters. The van der Waals surface area contributed by atoms with E-state index >= 15 is 0 Å². The summed E-state index contributed by atoms with van der Waals surface area (Å²) in [5.74, 6) is -0.761. The van der Waals surface area contributed by atoms with E-state index in [1.807, 2.05) is 0 Å². The van der Waals surface area contributed by atoms with E-state index in [-0.39, 0.29) is 5.02 Å². The van der Waals surface area contributed by atoms with Crippen molar-refractivity contribution in [3.63, 3.8) is 0 Å². The van der Waals surface area contributed by atoms with Gasteiger partial charge in [-0.1, -0.05) is 29.8 Å². The molecule has 0 radical (unpaired) electrons. The normalized spacial score (nSPS) is 12.2. The third-order valence-electron chi connectivity index (χ3n) is 3.05. The first-order valence-corrected chi connectivity index (χ1v) is 7.27. The van der Waals surface area contributed by atoms with Gasteiger partial charge in [0.05, 0.1) is 16.3 Å². The molecule has 0 aliphatic carbocycles. The summed E-state index contributed by atoms with van der Waals surface area (Å²) in [6.07, 6.45) is -8.99. The number of aromatic nitrogens is 2. The molecule has 0 aliphatic heterocycles. The van der Waals surface area contributed by atoms with Gasteiger partial charge in [-0.05, 0) is 18.2 Å². The van der Waals surface area contributed by atoms with Gasteiger partial charge in [0.15, 0.2) is 5.69 Å². The minimum atomic E-state index is -5.06. The van der Waals surface area contributed by atoms with E-state index in [4.69, 9.17) is 23.2 Å². The molecule has 1 heterocycles. The van der Waals surface area contributed by atoms with Gasteiger partial charge in [-0.3, -0.25) is 9.36 Å². The Morgan fingerprint density at radius 1 is 1.12 bits per heavy atom. The Balaban J connectivity index is 2.65. The number of benzene rings is 1. The third kappa shape index (κ3) is 3.96. The maximum absolute atomic E-state index is 13.0. The molecule has 0 fully saturated rings. The highest BCUT2D eigenvalue weighted by molar-refractivity contribution is 6.33. The monoisotopic (exact) mass is 417 g/mol. The van der Waals surface area contributed by atoms with Crippen LogP contribution in [0.25, 0.3) is 6.20 Å². The van der Waals surface area contributed by atoms with Crippen molar-refractivity contribution in [2.75, 3.05) is 5.32 Å². The summed E-state index contributed by atoms with van der Waals surface area (Å²) in [6.45, 7) is 3.24. The van der Waals surface area contributed by atoms with Crippen LogP contribution < -0.4 is 10.9 Å². The molecule has 2 aromatic rings. The number of nitrogens with one attached hydrogen (secondary N) is 1. The van der Waals surface area contributed by atoms with Gasteiger partial charge >= 0.3 is 12.4 Å². The fourth-order valence-electron chi connectivity index (χ4n) is 1.88. The Morgan fingerprint density at radius 2 is 1.73 bits per heavy atom. The van der Waals surface area contributed by atoms with Crippen LogP contribution >= 0.6 is 23.2 Å². The summed E-state index contributed by atoms with van der Waals surface area (Å²) in [4.78, 5) is 15.1. The van der Waals surface area contributed by atoms with Crippen LogP contribution in [0.5, 0.6) is 0 Å². The van der Waals surface area contributed by atoms with Crippen LogP contribution in [-0.2, 0) is 12.4 Å². The van der Waals surface area contributed by atoms with Gasteiger partial charge in [0.2, 0.25) is 5.95 Å². The molecule has 0 saturated heterocycles. The Kier molecular flexibility index (Phi) is 5.29. The molecule has 0 bridgehead atoms. The van der Waals surface area contributed by atoms with Crippen LogP contribution in [0.1, 0.15) is 11.3 Å². The van der Waals surface area contributed by atoms with Crippen LogP contribution in [0, 0.1) is 0 Å². The number of hydrogen-bond acceptors (Lipinski definition) is 3. The molecule has 2 rings (SSSR count). The lowest BCUT2D eigenvalue weighted by Gasteiger charge is -2.16. The van der Waals surface area contributed by atoms with Crippen molar-refractivity contribution in [3.05, 3.63) is 56.4 Å². The maximum atomic E-state index is 13.0.